The number of carbonyl (C=O) groups excluding carboxylic acids is 1. The summed E-state index contributed by atoms with van der Waals surface area (Å²) in [4.78, 5) is 18.3. The van der Waals surface area contributed by atoms with E-state index >= 15 is 0 Å². The summed E-state index contributed by atoms with van der Waals surface area (Å²) in [5.74, 6) is 0.944. The van der Waals surface area contributed by atoms with Gasteiger partial charge >= 0.3 is 0 Å². The van der Waals surface area contributed by atoms with Gasteiger partial charge in [0.1, 0.15) is 5.75 Å². The summed E-state index contributed by atoms with van der Waals surface area (Å²) in [6.45, 7) is 3.58. The van der Waals surface area contributed by atoms with Gasteiger partial charge in [-0.2, -0.15) is 0 Å². The molecular formula is C20H24N2O3. The quantitative estimate of drug-likeness (QED) is 0.875. The van der Waals surface area contributed by atoms with E-state index in [-0.39, 0.29) is 11.8 Å². The number of pyridine rings is 1. The summed E-state index contributed by atoms with van der Waals surface area (Å²) in [5.41, 5.74) is 2.10. The molecule has 0 aliphatic carbocycles. The SMILES string of the molecule is CCOc1ccc(CC(=O)N2C[C@@H](Cc3ccncc3)[C@@H](O)C2)cc1. The van der Waals surface area contributed by atoms with Crippen molar-refractivity contribution < 1.29 is 14.6 Å². The highest BCUT2D eigenvalue weighted by atomic mass is 16.5. The van der Waals surface area contributed by atoms with Gasteiger partial charge in [0.25, 0.3) is 0 Å². The van der Waals surface area contributed by atoms with Gasteiger partial charge in [-0.05, 0) is 48.7 Å². The minimum Gasteiger partial charge on any atom is -0.494 e. The van der Waals surface area contributed by atoms with Crippen molar-refractivity contribution in [3.63, 3.8) is 0 Å². The Bertz CT molecular complexity index is 688. The smallest absolute Gasteiger partial charge is 0.227 e. The zero-order chi connectivity index (χ0) is 17.6. The molecule has 0 spiro atoms. The molecule has 0 bridgehead atoms. The lowest BCUT2D eigenvalue weighted by Crippen LogP contribution is -2.31. The first kappa shape index (κ1) is 17.4. The fourth-order valence-corrected chi connectivity index (χ4v) is 3.24. The van der Waals surface area contributed by atoms with Crippen LogP contribution in [0.4, 0.5) is 0 Å². The third kappa shape index (κ3) is 4.57. The zero-order valence-corrected chi connectivity index (χ0v) is 14.5. The molecule has 1 aliphatic heterocycles. The van der Waals surface area contributed by atoms with Crippen molar-refractivity contribution in [3.8, 4) is 5.75 Å². The molecule has 1 aliphatic rings. The van der Waals surface area contributed by atoms with Crippen LogP contribution in [0.5, 0.6) is 5.75 Å². The van der Waals surface area contributed by atoms with Crippen molar-refractivity contribution >= 4 is 5.91 Å². The Hall–Kier alpha value is -2.40. The molecule has 5 nitrogen and oxygen atoms in total. The molecule has 3 rings (SSSR count). The lowest BCUT2D eigenvalue weighted by molar-refractivity contribution is -0.129. The van der Waals surface area contributed by atoms with Crippen LogP contribution in [0.3, 0.4) is 0 Å². The minimum absolute atomic E-state index is 0.0560. The summed E-state index contributed by atoms with van der Waals surface area (Å²) < 4.78 is 5.42. The van der Waals surface area contributed by atoms with Crippen molar-refractivity contribution in [1.29, 1.82) is 0 Å². The maximum Gasteiger partial charge on any atom is 0.227 e. The molecule has 5 heteroatoms. The second-order valence-electron chi connectivity index (χ2n) is 6.44. The normalized spacial score (nSPS) is 19.8. The van der Waals surface area contributed by atoms with E-state index in [2.05, 4.69) is 4.98 Å². The average molecular weight is 340 g/mol. The van der Waals surface area contributed by atoms with Gasteiger partial charge in [0.15, 0.2) is 0 Å². The summed E-state index contributed by atoms with van der Waals surface area (Å²) >= 11 is 0. The van der Waals surface area contributed by atoms with Crippen molar-refractivity contribution in [2.45, 2.75) is 25.9 Å². The van der Waals surface area contributed by atoms with Gasteiger partial charge in [-0.1, -0.05) is 12.1 Å². The Morgan fingerprint density at radius 3 is 2.56 bits per heavy atom. The third-order valence-electron chi connectivity index (χ3n) is 4.60. The van der Waals surface area contributed by atoms with Gasteiger partial charge in [0, 0.05) is 31.4 Å². The van der Waals surface area contributed by atoms with Crippen LogP contribution in [-0.4, -0.2) is 46.7 Å². The first-order chi connectivity index (χ1) is 12.2. The van der Waals surface area contributed by atoms with Gasteiger partial charge in [0.2, 0.25) is 5.91 Å². The van der Waals surface area contributed by atoms with Gasteiger partial charge < -0.3 is 14.7 Å². The molecule has 25 heavy (non-hydrogen) atoms. The van der Waals surface area contributed by atoms with Crippen molar-refractivity contribution in [1.82, 2.24) is 9.88 Å². The van der Waals surface area contributed by atoms with E-state index in [0.717, 1.165) is 23.3 Å². The van der Waals surface area contributed by atoms with Crippen LogP contribution < -0.4 is 4.74 Å². The lowest BCUT2D eigenvalue weighted by atomic mass is 9.97. The number of nitrogens with zero attached hydrogens (tertiary/aromatic N) is 2. The van der Waals surface area contributed by atoms with E-state index in [1.54, 1.807) is 17.3 Å². The predicted molar refractivity (Wildman–Crippen MR) is 95.3 cm³/mol. The summed E-state index contributed by atoms with van der Waals surface area (Å²) in [6, 6.07) is 11.5. The van der Waals surface area contributed by atoms with Gasteiger partial charge in [0.05, 0.1) is 19.1 Å². The summed E-state index contributed by atoms with van der Waals surface area (Å²) in [6.07, 6.45) is 4.15. The summed E-state index contributed by atoms with van der Waals surface area (Å²) in [5, 5.41) is 10.3. The Balaban J connectivity index is 1.56. The monoisotopic (exact) mass is 340 g/mol. The summed E-state index contributed by atoms with van der Waals surface area (Å²) in [7, 11) is 0. The first-order valence-corrected chi connectivity index (χ1v) is 8.72. The Morgan fingerprint density at radius 2 is 1.88 bits per heavy atom. The molecule has 0 radical (unpaired) electrons. The van der Waals surface area contributed by atoms with Crippen LogP contribution in [0.15, 0.2) is 48.8 Å². The van der Waals surface area contributed by atoms with Gasteiger partial charge in [-0.15, -0.1) is 0 Å². The topological polar surface area (TPSA) is 62.7 Å². The van der Waals surface area contributed by atoms with E-state index < -0.39 is 6.10 Å². The number of aliphatic hydroxyl groups is 1. The minimum atomic E-state index is -0.475. The molecule has 2 atom stereocenters. The van der Waals surface area contributed by atoms with Crippen molar-refractivity contribution in [2.75, 3.05) is 19.7 Å². The number of hydrogen-bond donors (Lipinski definition) is 1. The van der Waals surface area contributed by atoms with Crippen molar-refractivity contribution in [3.05, 3.63) is 59.9 Å². The van der Waals surface area contributed by atoms with Crippen LogP contribution in [0.25, 0.3) is 0 Å². The molecular weight excluding hydrogens is 316 g/mol. The van der Waals surface area contributed by atoms with Gasteiger partial charge in [-0.3, -0.25) is 9.78 Å². The maximum absolute atomic E-state index is 12.5. The standard InChI is InChI=1S/C20H24N2O3/c1-2-25-18-5-3-15(4-6-18)12-20(24)22-13-17(19(23)14-22)11-16-7-9-21-10-8-16/h3-10,17,19,23H,2,11-14H2,1H3/t17-,19+/m1/s1. The Kier molecular flexibility index (Phi) is 5.66. The number of ether oxygens (including phenoxy) is 1. The van der Waals surface area contributed by atoms with Gasteiger partial charge in [-0.25, -0.2) is 0 Å². The molecule has 1 amide bonds. The molecule has 0 saturated carbocycles. The van der Waals surface area contributed by atoms with Crippen LogP contribution >= 0.6 is 0 Å². The second kappa shape index (κ2) is 8.12. The zero-order valence-electron chi connectivity index (χ0n) is 14.5. The van der Waals surface area contributed by atoms with Crippen LogP contribution in [-0.2, 0) is 17.6 Å². The third-order valence-corrected chi connectivity index (χ3v) is 4.60. The van der Waals surface area contributed by atoms with E-state index in [4.69, 9.17) is 4.74 Å². The number of carbonyl (C=O) groups is 1. The fraction of sp³-hybridized carbons (Fsp3) is 0.400. The van der Waals surface area contributed by atoms with Crippen LogP contribution in [0.1, 0.15) is 18.1 Å². The second-order valence-corrected chi connectivity index (χ2v) is 6.44. The van der Waals surface area contributed by atoms with Crippen LogP contribution in [0.2, 0.25) is 0 Å². The molecule has 1 aromatic heterocycles. The molecule has 1 aromatic carbocycles. The molecule has 132 valence electrons. The number of rotatable bonds is 6. The number of amides is 1. The number of benzene rings is 1. The highest BCUT2D eigenvalue weighted by molar-refractivity contribution is 5.79. The molecule has 1 fully saturated rings. The Labute approximate surface area is 148 Å². The molecule has 2 heterocycles. The first-order valence-electron chi connectivity index (χ1n) is 8.72. The largest absolute Gasteiger partial charge is 0.494 e. The number of hydrogen-bond acceptors (Lipinski definition) is 4. The van der Waals surface area contributed by atoms with E-state index in [1.807, 2.05) is 43.3 Å². The van der Waals surface area contributed by atoms with Crippen molar-refractivity contribution in [2.24, 2.45) is 5.92 Å². The van der Waals surface area contributed by atoms with Crippen LogP contribution in [0, 0.1) is 5.92 Å². The number of aromatic nitrogens is 1. The molecule has 2 aromatic rings. The van der Waals surface area contributed by atoms with E-state index in [0.29, 0.717) is 26.1 Å². The van der Waals surface area contributed by atoms with E-state index in [9.17, 15) is 9.90 Å². The molecule has 1 N–H and O–H groups in total. The fourth-order valence-electron chi connectivity index (χ4n) is 3.24. The number of likely N-dealkylation sites (tertiary alicyclic amines) is 1. The lowest BCUT2D eigenvalue weighted by Gasteiger charge is -2.16. The highest BCUT2D eigenvalue weighted by Crippen LogP contribution is 2.22. The Morgan fingerprint density at radius 1 is 1.16 bits per heavy atom. The molecule has 1 saturated heterocycles. The highest BCUT2D eigenvalue weighted by Gasteiger charge is 2.33. The number of β-amino-alcohol motifs (C(OH)–C–C–N with tert-alkyl or cyclic N) is 1. The predicted octanol–water partition coefficient (Wildman–Crippen LogP) is 2.08. The average Bonchev–Trinajstić information content (AvgIpc) is 2.99. The number of aliphatic hydroxyl groups excluding tert-OH is 1. The van der Waals surface area contributed by atoms with E-state index in [1.165, 1.54) is 0 Å². The maximum atomic E-state index is 12.5. The molecule has 0 unspecified atom stereocenters.